The number of aryl methyl sites for hydroxylation is 1. The molecule has 0 saturated carbocycles. The van der Waals surface area contributed by atoms with Crippen LogP contribution in [0.2, 0.25) is 0 Å². The van der Waals surface area contributed by atoms with Crippen LogP contribution in [0.3, 0.4) is 0 Å². The Hall–Kier alpha value is -3.98. The van der Waals surface area contributed by atoms with E-state index in [-0.39, 0.29) is 43.4 Å². The number of ether oxygens (including phenoxy) is 1. The Morgan fingerprint density at radius 1 is 0.971 bits per heavy atom. The van der Waals surface area contributed by atoms with Crippen molar-refractivity contribution in [1.29, 1.82) is 0 Å². The van der Waals surface area contributed by atoms with Crippen LogP contribution in [0.25, 0.3) is 0 Å². The summed E-state index contributed by atoms with van der Waals surface area (Å²) in [4.78, 5) is 39.9. The molecule has 0 spiro atoms. The highest BCUT2D eigenvalue weighted by Gasteiger charge is 2.24. The van der Waals surface area contributed by atoms with Crippen molar-refractivity contribution in [2.45, 2.75) is 20.0 Å². The van der Waals surface area contributed by atoms with Gasteiger partial charge in [0.1, 0.15) is 18.1 Å². The molecular weight excluding hydrogens is 438 g/mol. The van der Waals surface area contributed by atoms with Gasteiger partial charge in [0.25, 0.3) is 11.6 Å². The Balaban J connectivity index is 1.80. The van der Waals surface area contributed by atoms with Crippen LogP contribution in [0.15, 0.2) is 71.1 Å². The van der Waals surface area contributed by atoms with Crippen molar-refractivity contribution < 1.29 is 23.7 Å². The summed E-state index contributed by atoms with van der Waals surface area (Å²) in [7, 11) is 1.51. The van der Waals surface area contributed by atoms with Gasteiger partial charge in [-0.1, -0.05) is 30.3 Å². The number of furan rings is 1. The molecule has 0 radical (unpaired) electrons. The lowest BCUT2D eigenvalue weighted by molar-refractivity contribution is -0.384. The minimum Gasteiger partial charge on any atom is -0.464 e. The fraction of sp³-hybridized carbons (Fsp3) is 0.280. The fourth-order valence-electron chi connectivity index (χ4n) is 3.42. The molecule has 0 fully saturated rings. The summed E-state index contributed by atoms with van der Waals surface area (Å²) in [5.74, 6) is 0.724. The first kappa shape index (κ1) is 24.7. The summed E-state index contributed by atoms with van der Waals surface area (Å²) in [6.45, 7) is 2.70. The first-order valence-electron chi connectivity index (χ1n) is 10.8. The number of rotatable bonds is 11. The highest BCUT2D eigenvalue weighted by molar-refractivity contribution is 5.96. The van der Waals surface area contributed by atoms with Crippen molar-refractivity contribution in [1.82, 2.24) is 9.80 Å². The van der Waals surface area contributed by atoms with Crippen molar-refractivity contribution in [3.05, 3.63) is 99.5 Å². The third-order valence-corrected chi connectivity index (χ3v) is 5.22. The lowest BCUT2D eigenvalue weighted by atomic mass is 10.1. The van der Waals surface area contributed by atoms with Gasteiger partial charge in [0.15, 0.2) is 0 Å². The maximum atomic E-state index is 13.4. The summed E-state index contributed by atoms with van der Waals surface area (Å²) in [5.41, 5.74) is 1.09. The smallest absolute Gasteiger partial charge is 0.269 e. The fourth-order valence-corrected chi connectivity index (χ4v) is 3.42. The molecule has 178 valence electrons. The third kappa shape index (κ3) is 6.76. The Morgan fingerprint density at radius 2 is 1.68 bits per heavy atom. The molecule has 9 nitrogen and oxygen atoms in total. The van der Waals surface area contributed by atoms with Crippen LogP contribution in [-0.2, 0) is 22.6 Å². The zero-order valence-corrected chi connectivity index (χ0v) is 19.2. The number of carbonyl (C=O) groups excluding carboxylic acids is 2. The largest absolute Gasteiger partial charge is 0.464 e. The van der Waals surface area contributed by atoms with E-state index >= 15 is 0 Å². The molecule has 0 aliphatic heterocycles. The summed E-state index contributed by atoms with van der Waals surface area (Å²) in [6.07, 6.45) is 0. The predicted molar refractivity (Wildman–Crippen MR) is 125 cm³/mol. The maximum Gasteiger partial charge on any atom is 0.269 e. The summed E-state index contributed by atoms with van der Waals surface area (Å²) >= 11 is 0. The molecule has 0 unspecified atom stereocenters. The van der Waals surface area contributed by atoms with Gasteiger partial charge in [-0.25, -0.2) is 0 Å². The summed E-state index contributed by atoms with van der Waals surface area (Å²) in [6, 6.07) is 18.5. The summed E-state index contributed by atoms with van der Waals surface area (Å²) in [5, 5.41) is 10.9. The van der Waals surface area contributed by atoms with Gasteiger partial charge in [-0.3, -0.25) is 19.7 Å². The molecule has 0 bridgehead atoms. The van der Waals surface area contributed by atoms with E-state index in [1.807, 2.05) is 49.4 Å². The van der Waals surface area contributed by atoms with E-state index in [1.54, 1.807) is 4.90 Å². The van der Waals surface area contributed by atoms with Crippen LogP contribution in [-0.4, -0.2) is 53.3 Å². The number of hydrogen-bond donors (Lipinski definition) is 0. The zero-order chi connectivity index (χ0) is 24.5. The standard InChI is InChI=1S/C25H27N3O6/c1-19-8-13-23(34-19)17-27(16-20-6-4-3-5-7-20)24(29)18-26(14-15-33-2)25(30)21-9-11-22(12-10-21)28(31)32/h3-13H,14-18H2,1-2H3. The highest BCUT2D eigenvalue weighted by atomic mass is 16.6. The number of amides is 2. The van der Waals surface area contributed by atoms with Crippen LogP contribution >= 0.6 is 0 Å². The number of hydrogen-bond acceptors (Lipinski definition) is 6. The molecule has 1 heterocycles. The van der Waals surface area contributed by atoms with Crippen molar-refractivity contribution in [3.8, 4) is 0 Å². The van der Waals surface area contributed by atoms with Gasteiger partial charge in [0.05, 0.1) is 18.1 Å². The predicted octanol–water partition coefficient (Wildman–Crippen LogP) is 3.81. The molecular formula is C25H27N3O6. The van der Waals surface area contributed by atoms with Gasteiger partial charge < -0.3 is 19.0 Å². The normalized spacial score (nSPS) is 10.6. The van der Waals surface area contributed by atoms with E-state index in [9.17, 15) is 19.7 Å². The Morgan fingerprint density at radius 3 is 2.26 bits per heavy atom. The molecule has 2 amide bonds. The monoisotopic (exact) mass is 465 g/mol. The lowest BCUT2D eigenvalue weighted by Gasteiger charge is -2.27. The third-order valence-electron chi connectivity index (χ3n) is 5.22. The molecule has 0 saturated heterocycles. The van der Waals surface area contributed by atoms with Crippen molar-refractivity contribution in [2.75, 3.05) is 26.8 Å². The van der Waals surface area contributed by atoms with Crippen LogP contribution < -0.4 is 0 Å². The van der Waals surface area contributed by atoms with Gasteiger partial charge in [0, 0.05) is 37.9 Å². The van der Waals surface area contributed by atoms with E-state index in [2.05, 4.69) is 0 Å². The van der Waals surface area contributed by atoms with Gasteiger partial charge in [0.2, 0.25) is 5.91 Å². The Bertz CT molecular complexity index is 1110. The number of carbonyl (C=O) groups is 2. The maximum absolute atomic E-state index is 13.4. The number of nitro benzene ring substituents is 1. The van der Waals surface area contributed by atoms with Crippen LogP contribution in [0.4, 0.5) is 5.69 Å². The average Bonchev–Trinajstić information content (AvgIpc) is 3.26. The van der Waals surface area contributed by atoms with Gasteiger partial charge in [-0.05, 0) is 36.8 Å². The lowest BCUT2D eigenvalue weighted by Crippen LogP contribution is -2.43. The SMILES string of the molecule is COCCN(CC(=O)N(Cc1ccccc1)Cc1ccc(C)o1)C(=O)c1ccc([N+](=O)[O-])cc1. The number of benzene rings is 2. The van der Waals surface area contributed by atoms with E-state index < -0.39 is 10.8 Å². The zero-order valence-electron chi connectivity index (χ0n) is 19.2. The number of nitro groups is 1. The molecule has 0 aliphatic carbocycles. The van der Waals surface area contributed by atoms with Crippen LogP contribution in [0.1, 0.15) is 27.4 Å². The Kier molecular flexibility index (Phi) is 8.53. The van der Waals surface area contributed by atoms with Crippen LogP contribution in [0.5, 0.6) is 0 Å². The summed E-state index contributed by atoms with van der Waals surface area (Å²) < 4.78 is 10.8. The van der Waals surface area contributed by atoms with Gasteiger partial charge in [-0.15, -0.1) is 0 Å². The van der Waals surface area contributed by atoms with Crippen molar-refractivity contribution in [2.24, 2.45) is 0 Å². The molecule has 3 rings (SSSR count). The van der Waals surface area contributed by atoms with E-state index in [4.69, 9.17) is 9.15 Å². The minimum absolute atomic E-state index is 0.112. The molecule has 2 aromatic carbocycles. The second kappa shape index (κ2) is 11.8. The van der Waals surface area contributed by atoms with Gasteiger partial charge in [-0.2, -0.15) is 0 Å². The Labute approximate surface area is 197 Å². The van der Waals surface area contributed by atoms with Crippen molar-refractivity contribution in [3.63, 3.8) is 0 Å². The van der Waals surface area contributed by atoms with E-state index in [0.717, 1.165) is 11.3 Å². The molecule has 1 aromatic heterocycles. The molecule has 3 aromatic rings. The first-order chi connectivity index (χ1) is 16.4. The molecule has 9 heteroatoms. The topological polar surface area (TPSA) is 106 Å². The molecule has 0 atom stereocenters. The number of nitrogens with zero attached hydrogens (tertiary/aromatic N) is 3. The average molecular weight is 466 g/mol. The first-order valence-corrected chi connectivity index (χ1v) is 10.8. The molecule has 0 N–H and O–H groups in total. The van der Waals surface area contributed by atoms with Gasteiger partial charge >= 0.3 is 0 Å². The van der Waals surface area contributed by atoms with Crippen LogP contribution in [0, 0.1) is 17.0 Å². The molecule has 0 aliphatic rings. The minimum atomic E-state index is -0.529. The van der Waals surface area contributed by atoms with Crippen molar-refractivity contribution >= 4 is 17.5 Å². The van der Waals surface area contributed by atoms with E-state index in [1.165, 1.54) is 36.3 Å². The van der Waals surface area contributed by atoms with E-state index in [0.29, 0.717) is 12.3 Å². The number of non-ortho nitro benzene ring substituents is 1. The highest BCUT2D eigenvalue weighted by Crippen LogP contribution is 2.16. The second-order valence-corrected chi connectivity index (χ2v) is 7.77. The number of methoxy groups -OCH3 is 1. The quantitative estimate of drug-likeness (QED) is 0.315. The molecule has 34 heavy (non-hydrogen) atoms. The second-order valence-electron chi connectivity index (χ2n) is 7.77.